The van der Waals surface area contributed by atoms with Crippen molar-refractivity contribution in [1.29, 1.82) is 0 Å². The second kappa shape index (κ2) is 10.3. The fraction of sp³-hybridized carbons (Fsp3) is 0.417. The third-order valence-electron chi connectivity index (χ3n) is 5.54. The fourth-order valence-corrected chi connectivity index (χ4v) is 3.78. The van der Waals surface area contributed by atoms with E-state index >= 15 is 0 Å². The molecule has 1 aliphatic rings. The summed E-state index contributed by atoms with van der Waals surface area (Å²) in [7, 11) is 3.25. The molecule has 2 aromatic carbocycles. The summed E-state index contributed by atoms with van der Waals surface area (Å²) in [6.07, 6.45) is 1.18. The van der Waals surface area contributed by atoms with E-state index < -0.39 is 0 Å². The zero-order valence-electron chi connectivity index (χ0n) is 18.0. The Bertz CT molecular complexity index is 879. The predicted molar refractivity (Wildman–Crippen MR) is 116 cm³/mol. The third kappa shape index (κ3) is 5.60. The van der Waals surface area contributed by atoms with Crippen LogP contribution in [-0.2, 0) is 17.8 Å². The van der Waals surface area contributed by atoms with Crippen LogP contribution in [0, 0.1) is 0 Å². The highest BCUT2D eigenvalue weighted by molar-refractivity contribution is 5.94. The number of methoxy groups -OCH3 is 2. The van der Waals surface area contributed by atoms with E-state index in [4.69, 9.17) is 9.47 Å². The van der Waals surface area contributed by atoms with E-state index in [0.29, 0.717) is 17.9 Å². The molecule has 0 aromatic heterocycles. The Labute approximate surface area is 178 Å². The third-order valence-corrected chi connectivity index (χ3v) is 5.54. The van der Waals surface area contributed by atoms with Gasteiger partial charge in [0.1, 0.15) is 11.5 Å². The molecule has 2 aromatic rings. The molecule has 30 heavy (non-hydrogen) atoms. The van der Waals surface area contributed by atoms with Crippen LogP contribution in [0.25, 0.3) is 0 Å². The summed E-state index contributed by atoms with van der Waals surface area (Å²) < 4.78 is 10.6. The summed E-state index contributed by atoms with van der Waals surface area (Å²) in [6, 6.07) is 13.4. The van der Waals surface area contributed by atoms with Gasteiger partial charge < -0.3 is 14.4 Å². The van der Waals surface area contributed by atoms with Crippen molar-refractivity contribution in [3.8, 4) is 11.5 Å². The summed E-state index contributed by atoms with van der Waals surface area (Å²) in [5.41, 5.74) is 2.59. The molecule has 0 saturated carbocycles. The molecule has 0 aliphatic carbocycles. The smallest absolute Gasteiger partial charge is 0.227 e. The molecule has 3 rings (SSSR count). The van der Waals surface area contributed by atoms with Crippen LogP contribution in [-0.4, -0.2) is 61.9 Å². The Kier molecular flexibility index (Phi) is 7.46. The van der Waals surface area contributed by atoms with Crippen molar-refractivity contribution in [1.82, 2.24) is 9.80 Å². The lowest BCUT2D eigenvalue weighted by molar-refractivity contribution is -0.130. The van der Waals surface area contributed by atoms with Gasteiger partial charge in [-0.1, -0.05) is 12.1 Å². The lowest BCUT2D eigenvalue weighted by Gasteiger charge is -2.22. The van der Waals surface area contributed by atoms with E-state index in [1.807, 2.05) is 17.0 Å². The summed E-state index contributed by atoms with van der Waals surface area (Å²) in [6.45, 7) is 5.62. The first-order valence-electron chi connectivity index (χ1n) is 10.3. The lowest BCUT2D eigenvalue weighted by Crippen LogP contribution is -2.36. The quantitative estimate of drug-likeness (QED) is 0.656. The van der Waals surface area contributed by atoms with Crippen molar-refractivity contribution in [3.05, 3.63) is 59.2 Å². The summed E-state index contributed by atoms with van der Waals surface area (Å²) in [4.78, 5) is 29.0. The van der Waals surface area contributed by atoms with E-state index in [0.717, 1.165) is 43.9 Å². The highest BCUT2D eigenvalue weighted by atomic mass is 16.5. The minimum atomic E-state index is -0.0182. The maximum absolute atomic E-state index is 13.0. The molecule has 1 fully saturated rings. The zero-order chi connectivity index (χ0) is 21.5. The molecule has 0 atom stereocenters. The number of carbonyl (C=O) groups excluding carboxylic acids is 2. The number of ether oxygens (including phenoxy) is 2. The van der Waals surface area contributed by atoms with Gasteiger partial charge in [-0.3, -0.25) is 14.5 Å². The highest BCUT2D eigenvalue weighted by Crippen LogP contribution is 2.22. The first-order valence-corrected chi connectivity index (χ1v) is 10.3. The SMILES string of the molecule is COc1ccc(CN2CCCN(C(=O)Cc3cc(C(C)=O)ccc3OC)CC2)cc1. The van der Waals surface area contributed by atoms with Crippen LogP contribution in [0.2, 0.25) is 0 Å². The second-order valence-electron chi connectivity index (χ2n) is 7.62. The number of Topliss-reactive ketones (excluding diaryl/α,β-unsaturated/α-hetero) is 1. The first-order chi connectivity index (χ1) is 14.5. The number of ketones is 1. The standard InChI is InChI=1S/C24H30N2O4/c1-18(27)20-7-10-23(30-3)21(15-20)16-24(28)26-12-4-11-25(13-14-26)17-19-5-8-22(29-2)9-6-19/h5-10,15H,4,11-14,16-17H2,1-3H3. The predicted octanol–water partition coefficient (Wildman–Crippen LogP) is 3.18. The van der Waals surface area contributed by atoms with E-state index in [1.165, 1.54) is 12.5 Å². The van der Waals surface area contributed by atoms with Crippen LogP contribution in [0.3, 0.4) is 0 Å². The number of hydrogen-bond acceptors (Lipinski definition) is 5. The molecule has 1 heterocycles. The molecule has 6 heteroatoms. The van der Waals surface area contributed by atoms with E-state index in [1.54, 1.807) is 32.4 Å². The van der Waals surface area contributed by atoms with Crippen molar-refractivity contribution in [2.45, 2.75) is 26.3 Å². The minimum absolute atomic E-state index is 0.0182. The fourth-order valence-electron chi connectivity index (χ4n) is 3.78. The summed E-state index contributed by atoms with van der Waals surface area (Å²) >= 11 is 0. The van der Waals surface area contributed by atoms with Crippen molar-refractivity contribution in [2.75, 3.05) is 40.4 Å². The molecule has 0 bridgehead atoms. The second-order valence-corrected chi connectivity index (χ2v) is 7.62. The number of carbonyl (C=O) groups is 2. The van der Waals surface area contributed by atoms with Crippen LogP contribution in [0.15, 0.2) is 42.5 Å². The molecular formula is C24H30N2O4. The number of amides is 1. The van der Waals surface area contributed by atoms with E-state index in [2.05, 4.69) is 17.0 Å². The molecule has 0 unspecified atom stereocenters. The normalized spacial score (nSPS) is 14.8. The number of nitrogens with zero attached hydrogens (tertiary/aromatic N) is 2. The van der Waals surface area contributed by atoms with Gasteiger partial charge in [-0.25, -0.2) is 0 Å². The zero-order valence-corrected chi connectivity index (χ0v) is 18.0. The monoisotopic (exact) mass is 410 g/mol. The van der Waals surface area contributed by atoms with Gasteiger partial charge in [0, 0.05) is 43.9 Å². The van der Waals surface area contributed by atoms with Crippen LogP contribution >= 0.6 is 0 Å². The van der Waals surface area contributed by atoms with Gasteiger partial charge >= 0.3 is 0 Å². The number of hydrogen-bond donors (Lipinski definition) is 0. The average Bonchev–Trinajstić information content (AvgIpc) is 3.00. The van der Waals surface area contributed by atoms with E-state index in [9.17, 15) is 9.59 Å². The number of rotatable bonds is 7. The number of benzene rings is 2. The molecule has 1 amide bonds. The highest BCUT2D eigenvalue weighted by Gasteiger charge is 2.21. The van der Waals surface area contributed by atoms with Crippen LogP contribution < -0.4 is 9.47 Å². The maximum atomic E-state index is 13.0. The summed E-state index contributed by atoms with van der Waals surface area (Å²) in [5, 5.41) is 0. The van der Waals surface area contributed by atoms with Crippen molar-refractivity contribution in [2.24, 2.45) is 0 Å². The van der Waals surface area contributed by atoms with Gasteiger partial charge in [-0.2, -0.15) is 0 Å². The molecule has 0 spiro atoms. The van der Waals surface area contributed by atoms with Crippen LogP contribution in [0.5, 0.6) is 11.5 Å². The Morgan fingerprint density at radius 3 is 2.37 bits per heavy atom. The van der Waals surface area contributed by atoms with Crippen LogP contribution in [0.4, 0.5) is 0 Å². The van der Waals surface area contributed by atoms with Gasteiger partial charge in [0.05, 0.1) is 20.6 Å². The molecule has 1 saturated heterocycles. The average molecular weight is 411 g/mol. The van der Waals surface area contributed by atoms with Crippen molar-refractivity contribution >= 4 is 11.7 Å². The van der Waals surface area contributed by atoms with Gasteiger partial charge in [0.25, 0.3) is 0 Å². The Morgan fingerprint density at radius 2 is 1.70 bits per heavy atom. The largest absolute Gasteiger partial charge is 0.497 e. The first kappa shape index (κ1) is 21.8. The molecular weight excluding hydrogens is 380 g/mol. The van der Waals surface area contributed by atoms with Gasteiger partial charge in [-0.15, -0.1) is 0 Å². The van der Waals surface area contributed by atoms with Gasteiger partial charge in [-0.05, 0) is 49.2 Å². The Morgan fingerprint density at radius 1 is 0.933 bits per heavy atom. The van der Waals surface area contributed by atoms with E-state index in [-0.39, 0.29) is 18.1 Å². The molecule has 1 aliphatic heterocycles. The van der Waals surface area contributed by atoms with Crippen molar-refractivity contribution < 1.29 is 19.1 Å². The maximum Gasteiger partial charge on any atom is 0.227 e. The van der Waals surface area contributed by atoms with Gasteiger partial charge in [0.2, 0.25) is 5.91 Å². The minimum Gasteiger partial charge on any atom is -0.497 e. The Hall–Kier alpha value is -2.86. The molecule has 0 radical (unpaired) electrons. The Balaban J connectivity index is 1.60. The molecule has 160 valence electrons. The summed E-state index contributed by atoms with van der Waals surface area (Å²) in [5.74, 6) is 1.55. The van der Waals surface area contributed by atoms with Crippen molar-refractivity contribution in [3.63, 3.8) is 0 Å². The molecule has 0 N–H and O–H groups in total. The topological polar surface area (TPSA) is 59.1 Å². The lowest BCUT2D eigenvalue weighted by atomic mass is 10.0. The molecule has 6 nitrogen and oxygen atoms in total. The van der Waals surface area contributed by atoms with Crippen LogP contribution in [0.1, 0.15) is 34.8 Å². The van der Waals surface area contributed by atoms with Gasteiger partial charge in [0.15, 0.2) is 5.78 Å².